The summed E-state index contributed by atoms with van der Waals surface area (Å²) in [5.41, 5.74) is 0.104. The number of nitrogens with zero attached hydrogens (tertiary/aromatic N) is 2. The van der Waals surface area contributed by atoms with E-state index in [4.69, 9.17) is 9.73 Å². The molecule has 0 bridgehead atoms. The molecule has 160 valence electrons. The maximum absolute atomic E-state index is 11.4. The maximum atomic E-state index is 11.4. The van der Waals surface area contributed by atoms with Crippen molar-refractivity contribution in [3.05, 3.63) is 0 Å². The molecule has 0 spiro atoms. The van der Waals surface area contributed by atoms with Crippen LogP contribution in [0.1, 0.15) is 46.0 Å². The molecule has 2 saturated heterocycles. The molecular weight excluding hydrogens is 479 g/mol. The summed E-state index contributed by atoms with van der Waals surface area (Å²) in [6.07, 6.45) is 6.46. The van der Waals surface area contributed by atoms with Crippen LogP contribution in [0, 0.1) is 0 Å². The Morgan fingerprint density at radius 1 is 1.26 bits per heavy atom. The molecule has 0 amide bonds. The van der Waals surface area contributed by atoms with E-state index in [-0.39, 0.29) is 41.3 Å². The minimum Gasteiger partial charge on any atom is -0.381 e. The summed E-state index contributed by atoms with van der Waals surface area (Å²) < 4.78 is 28.4. The van der Waals surface area contributed by atoms with Crippen molar-refractivity contribution < 1.29 is 13.2 Å². The fraction of sp³-hybridized carbons (Fsp3) is 0.944. The molecule has 2 heterocycles. The molecule has 9 heteroatoms. The maximum Gasteiger partial charge on any atom is 0.191 e. The first-order valence-electron chi connectivity index (χ1n) is 9.90. The Hall–Kier alpha value is -0.130. The molecule has 0 aliphatic carbocycles. The first kappa shape index (κ1) is 24.9. The standard InChI is InChI=1S/C18H36N4O3S.HI/c1-4-19-17(21-16(2)7-14-26(3,23)24)20-15-18(8-12-25-13-9-18)22-10-5-6-11-22;/h16H,4-15H2,1-3H3,(H2,19,20,21);1H. The van der Waals surface area contributed by atoms with Gasteiger partial charge in [-0.1, -0.05) is 0 Å². The second-order valence-electron chi connectivity index (χ2n) is 7.69. The van der Waals surface area contributed by atoms with Gasteiger partial charge in [-0.3, -0.25) is 9.89 Å². The molecule has 2 fully saturated rings. The Morgan fingerprint density at radius 3 is 2.44 bits per heavy atom. The van der Waals surface area contributed by atoms with Gasteiger partial charge in [0.1, 0.15) is 9.84 Å². The number of rotatable bonds is 8. The van der Waals surface area contributed by atoms with E-state index < -0.39 is 9.84 Å². The Morgan fingerprint density at radius 2 is 1.89 bits per heavy atom. The highest BCUT2D eigenvalue weighted by Crippen LogP contribution is 2.31. The van der Waals surface area contributed by atoms with E-state index in [2.05, 4.69) is 15.5 Å². The van der Waals surface area contributed by atoms with Gasteiger partial charge in [0.25, 0.3) is 0 Å². The van der Waals surface area contributed by atoms with E-state index in [1.165, 1.54) is 19.1 Å². The van der Waals surface area contributed by atoms with Crippen molar-refractivity contribution in [3.63, 3.8) is 0 Å². The van der Waals surface area contributed by atoms with Gasteiger partial charge in [-0.05, 0) is 59.0 Å². The highest BCUT2D eigenvalue weighted by molar-refractivity contribution is 14.0. The summed E-state index contributed by atoms with van der Waals surface area (Å²) >= 11 is 0. The Kier molecular flexibility index (Phi) is 10.9. The van der Waals surface area contributed by atoms with Crippen LogP contribution >= 0.6 is 24.0 Å². The van der Waals surface area contributed by atoms with Crippen molar-refractivity contribution in [2.45, 2.75) is 57.5 Å². The van der Waals surface area contributed by atoms with Gasteiger partial charge >= 0.3 is 0 Å². The topological polar surface area (TPSA) is 83.0 Å². The Balaban J connectivity index is 0.00000364. The highest BCUT2D eigenvalue weighted by atomic mass is 127. The normalized spacial score (nSPS) is 22.1. The zero-order chi connectivity index (χ0) is 19.0. The molecule has 0 aromatic carbocycles. The summed E-state index contributed by atoms with van der Waals surface area (Å²) in [5.74, 6) is 0.967. The SMILES string of the molecule is CCNC(=NCC1(N2CCCC2)CCOCC1)NC(C)CCS(C)(=O)=O.I. The van der Waals surface area contributed by atoms with E-state index in [1.807, 2.05) is 13.8 Å². The third-order valence-corrected chi connectivity index (χ3v) is 6.36. The molecule has 1 atom stereocenters. The fourth-order valence-electron chi connectivity index (χ4n) is 3.76. The molecule has 2 aliphatic heterocycles. The summed E-state index contributed by atoms with van der Waals surface area (Å²) in [4.78, 5) is 7.49. The van der Waals surface area contributed by atoms with Gasteiger partial charge in [-0.2, -0.15) is 0 Å². The van der Waals surface area contributed by atoms with Gasteiger partial charge in [0.15, 0.2) is 5.96 Å². The molecule has 0 aromatic heterocycles. The van der Waals surface area contributed by atoms with Gasteiger partial charge in [0.2, 0.25) is 0 Å². The van der Waals surface area contributed by atoms with Gasteiger partial charge in [-0.15, -0.1) is 24.0 Å². The number of hydrogen-bond donors (Lipinski definition) is 2. The van der Waals surface area contributed by atoms with Crippen molar-refractivity contribution in [1.82, 2.24) is 15.5 Å². The van der Waals surface area contributed by atoms with Gasteiger partial charge in [0, 0.05) is 37.6 Å². The van der Waals surface area contributed by atoms with Crippen LogP contribution < -0.4 is 10.6 Å². The molecule has 0 saturated carbocycles. The number of nitrogens with one attached hydrogen (secondary N) is 2. The third kappa shape index (κ3) is 8.41. The molecule has 27 heavy (non-hydrogen) atoms. The number of guanidine groups is 1. The van der Waals surface area contributed by atoms with Crippen LogP contribution in [0.25, 0.3) is 0 Å². The molecule has 2 rings (SSSR count). The fourth-order valence-corrected chi connectivity index (χ4v) is 4.54. The number of ether oxygens (including phenoxy) is 1. The molecule has 0 aromatic rings. The van der Waals surface area contributed by atoms with Crippen LogP contribution in [0.2, 0.25) is 0 Å². The lowest BCUT2D eigenvalue weighted by molar-refractivity contribution is -0.0139. The van der Waals surface area contributed by atoms with E-state index >= 15 is 0 Å². The first-order valence-corrected chi connectivity index (χ1v) is 12.0. The summed E-state index contributed by atoms with van der Waals surface area (Å²) in [6, 6.07) is 0.0555. The lowest BCUT2D eigenvalue weighted by Gasteiger charge is -2.43. The van der Waals surface area contributed by atoms with E-state index in [0.29, 0.717) is 6.42 Å². The van der Waals surface area contributed by atoms with Crippen molar-refractivity contribution >= 4 is 39.8 Å². The third-order valence-electron chi connectivity index (χ3n) is 5.38. The van der Waals surface area contributed by atoms with Crippen molar-refractivity contribution in [2.75, 3.05) is 51.4 Å². The lowest BCUT2D eigenvalue weighted by atomic mass is 9.88. The van der Waals surface area contributed by atoms with Crippen LogP contribution in [0.5, 0.6) is 0 Å². The van der Waals surface area contributed by atoms with Crippen LogP contribution in [0.4, 0.5) is 0 Å². The van der Waals surface area contributed by atoms with Crippen LogP contribution in [0.15, 0.2) is 4.99 Å². The average molecular weight is 516 g/mol. The zero-order valence-corrected chi connectivity index (χ0v) is 20.1. The minimum atomic E-state index is -2.94. The zero-order valence-electron chi connectivity index (χ0n) is 17.0. The van der Waals surface area contributed by atoms with Crippen molar-refractivity contribution in [1.29, 1.82) is 0 Å². The van der Waals surface area contributed by atoms with E-state index in [9.17, 15) is 8.42 Å². The molecular formula is C18H37IN4O3S. The molecule has 7 nitrogen and oxygen atoms in total. The second kappa shape index (κ2) is 11.8. The van der Waals surface area contributed by atoms with Crippen LogP contribution in [0.3, 0.4) is 0 Å². The minimum absolute atomic E-state index is 0. The highest BCUT2D eigenvalue weighted by Gasteiger charge is 2.39. The Bertz CT molecular complexity index is 559. The van der Waals surface area contributed by atoms with E-state index in [1.54, 1.807) is 0 Å². The smallest absolute Gasteiger partial charge is 0.191 e. The molecule has 1 unspecified atom stereocenters. The summed E-state index contributed by atoms with van der Waals surface area (Å²) in [6.45, 7) is 9.51. The van der Waals surface area contributed by atoms with Gasteiger partial charge in [0.05, 0.1) is 12.3 Å². The molecule has 2 N–H and O–H groups in total. The van der Waals surface area contributed by atoms with Crippen LogP contribution in [-0.4, -0.2) is 82.3 Å². The quantitative estimate of drug-likeness (QED) is 0.290. The number of sulfone groups is 1. The number of halogens is 1. The number of likely N-dealkylation sites (tertiary alicyclic amines) is 1. The predicted octanol–water partition coefficient (Wildman–Crippen LogP) is 1.63. The monoisotopic (exact) mass is 516 g/mol. The van der Waals surface area contributed by atoms with Crippen molar-refractivity contribution in [3.8, 4) is 0 Å². The van der Waals surface area contributed by atoms with E-state index in [0.717, 1.165) is 58.2 Å². The summed E-state index contributed by atoms with van der Waals surface area (Å²) in [7, 11) is -2.94. The average Bonchev–Trinajstić information content (AvgIpc) is 3.14. The van der Waals surface area contributed by atoms with Gasteiger partial charge < -0.3 is 15.4 Å². The van der Waals surface area contributed by atoms with Gasteiger partial charge in [-0.25, -0.2) is 8.42 Å². The predicted molar refractivity (Wildman–Crippen MR) is 122 cm³/mol. The van der Waals surface area contributed by atoms with Crippen molar-refractivity contribution in [2.24, 2.45) is 4.99 Å². The molecule has 2 aliphatic rings. The second-order valence-corrected chi connectivity index (χ2v) is 9.95. The lowest BCUT2D eigenvalue weighted by Crippen LogP contribution is -2.54. The number of aliphatic imine (C=N–C) groups is 1. The largest absolute Gasteiger partial charge is 0.381 e. The number of hydrogen-bond acceptors (Lipinski definition) is 5. The Labute approximate surface area is 182 Å². The summed E-state index contributed by atoms with van der Waals surface area (Å²) in [5, 5.41) is 6.66. The molecule has 0 radical (unpaired) electrons. The van der Waals surface area contributed by atoms with Crippen LogP contribution in [-0.2, 0) is 14.6 Å². The first-order chi connectivity index (χ1) is 12.3.